The average Bonchev–Trinajstić information content (AvgIpc) is 2.40. The third-order valence-electron chi connectivity index (χ3n) is 3.39. The summed E-state index contributed by atoms with van der Waals surface area (Å²) in [7, 11) is 0. The predicted molar refractivity (Wildman–Crippen MR) is 89.5 cm³/mol. The van der Waals surface area contributed by atoms with Crippen LogP contribution in [0.25, 0.3) is 6.08 Å². The molecule has 0 aliphatic rings. The van der Waals surface area contributed by atoms with Gasteiger partial charge in [0, 0.05) is 11.8 Å². The van der Waals surface area contributed by atoms with Gasteiger partial charge in [-0.15, -0.1) is 0 Å². The van der Waals surface area contributed by atoms with Gasteiger partial charge in [0.2, 0.25) is 5.91 Å². The molecule has 2 aromatic carbocycles. The van der Waals surface area contributed by atoms with Crippen molar-refractivity contribution in [3.63, 3.8) is 0 Å². The van der Waals surface area contributed by atoms with E-state index in [1.165, 1.54) is 11.1 Å². The highest BCUT2D eigenvalue weighted by atomic mass is 16.1. The number of nitrogens with one attached hydrogen (secondary N) is 1. The van der Waals surface area contributed by atoms with Crippen molar-refractivity contribution in [3.8, 4) is 0 Å². The van der Waals surface area contributed by atoms with Crippen LogP contribution in [0.4, 0.5) is 5.69 Å². The lowest BCUT2D eigenvalue weighted by molar-refractivity contribution is -0.111. The molecule has 0 unspecified atom stereocenters. The molecule has 21 heavy (non-hydrogen) atoms. The smallest absolute Gasteiger partial charge is 0.248 e. The van der Waals surface area contributed by atoms with Gasteiger partial charge in [-0.2, -0.15) is 0 Å². The number of aryl methyl sites for hydroxylation is 4. The van der Waals surface area contributed by atoms with E-state index < -0.39 is 0 Å². The first-order valence-electron chi connectivity index (χ1n) is 7.09. The lowest BCUT2D eigenvalue weighted by atomic mass is 10.1. The van der Waals surface area contributed by atoms with Crippen LogP contribution in [0.3, 0.4) is 0 Å². The van der Waals surface area contributed by atoms with E-state index in [0.29, 0.717) is 0 Å². The molecule has 2 nitrogen and oxygen atoms in total. The maximum atomic E-state index is 12.1. The number of hydrogen-bond donors (Lipinski definition) is 1. The normalized spacial score (nSPS) is 10.9. The molecule has 0 spiro atoms. The molecule has 108 valence electrons. The Kier molecular flexibility index (Phi) is 4.59. The molecule has 1 amide bonds. The van der Waals surface area contributed by atoms with Crippen LogP contribution in [0.5, 0.6) is 0 Å². The van der Waals surface area contributed by atoms with Crippen LogP contribution in [0.1, 0.15) is 27.8 Å². The van der Waals surface area contributed by atoms with Crippen LogP contribution in [0.15, 0.2) is 42.5 Å². The average molecular weight is 279 g/mol. The van der Waals surface area contributed by atoms with Crippen LogP contribution >= 0.6 is 0 Å². The van der Waals surface area contributed by atoms with Gasteiger partial charge >= 0.3 is 0 Å². The van der Waals surface area contributed by atoms with E-state index in [1.807, 2.05) is 51.1 Å². The second kappa shape index (κ2) is 6.40. The van der Waals surface area contributed by atoms with Crippen molar-refractivity contribution in [1.82, 2.24) is 0 Å². The van der Waals surface area contributed by atoms with E-state index in [1.54, 1.807) is 6.08 Å². The van der Waals surface area contributed by atoms with Crippen molar-refractivity contribution in [2.24, 2.45) is 0 Å². The molecular weight excluding hydrogens is 258 g/mol. The number of amides is 1. The minimum absolute atomic E-state index is 0.105. The first-order chi connectivity index (χ1) is 9.95. The minimum atomic E-state index is -0.105. The second-order valence-corrected chi connectivity index (χ2v) is 5.51. The van der Waals surface area contributed by atoms with Crippen LogP contribution in [-0.4, -0.2) is 5.91 Å². The van der Waals surface area contributed by atoms with E-state index in [-0.39, 0.29) is 5.91 Å². The molecule has 2 aromatic rings. The summed E-state index contributed by atoms with van der Waals surface area (Å²) >= 11 is 0. The Morgan fingerprint density at radius 2 is 1.62 bits per heavy atom. The Morgan fingerprint density at radius 3 is 2.24 bits per heavy atom. The lowest BCUT2D eigenvalue weighted by Crippen LogP contribution is -2.10. The Morgan fingerprint density at radius 1 is 0.952 bits per heavy atom. The van der Waals surface area contributed by atoms with Gasteiger partial charge in [-0.25, -0.2) is 0 Å². The van der Waals surface area contributed by atoms with Crippen LogP contribution in [0.2, 0.25) is 0 Å². The number of hydrogen-bond acceptors (Lipinski definition) is 1. The van der Waals surface area contributed by atoms with E-state index in [0.717, 1.165) is 22.4 Å². The summed E-state index contributed by atoms with van der Waals surface area (Å²) in [6.07, 6.45) is 3.41. The Hall–Kier alpha value is -2.35. The van der Waals surface area contributed by atoms with Crippen LogP contribution < -0.4 is 5.32 Å². The maximum Gasteiger partial charge on any atom is 0.248 e. The summed E-state index contributed by atoms with van der Waals surface area (Å²) < 4.78 is 0. The predicted octanol–water partition coefficient (Wildman–Crippen LogP) is 4.57. The third-order valence-corrected chi connectivity index (χ3v) is 3.39. The highest BCUT2D eigenvalue weighted by Crippen LogP contribution is 2.21. The molecule has 2 rings (SSSR count). The van der Waals surface area contributed by atoms with Gasteiger partial charge in [-0.3, -0.25) is 4.79 Å². The first kappa shape index (κ1) is 15.0. The summed E-state index contributed by atoms with van der Waals surface area (Å²) in [6.45, 7) is 8.12. The van der Waals surface area contributed by atoms with Crippen LogP contribution in [0, 0.1) is 27.7 Å². The fraction of sp³-hybridized carbons (Fsp3) is 0.211. The molecule has 0 fully saturated rings. The lowest BCUT2D eigenvalue weighted by Gasteiger charge is -2.11. The fourth-order valence-corrected chi connectivity index (χ4v) is 2.49. The minimum Gasteiger partial charge on any atom is -0.322 e. The Bertz CT molecular complexity index is 675. The largest absolute Gasteiger partial charge is 0.322 e. The molecule has 0 saturated heterocycles. The Labute approximate surface area is 126 Å². The van der Waals surface area contributed by atoms with Gasteiger partial charge < -0.3 is 5.32 Å². The number of carbonyl (C=O) groups excluding carboxylic acids is 1. The van der Waals surface area contributed by atoms with Crippen molar-refractivity contribution in [2.45, 2.75) is 27.7 Å². The molecular formula is C19H21NO. The molecule has 0 aliphatic heterocycles. The zero-order valence-electron chi connectivity index (χ0n) is 13.0. The first-order valence-corrected chi connectivity index (χ1v) is 7.09. The Balaban J connectivity index is 2.12. The van der Waals surface area contributed by atoms with Gasteiger partial charge in [0.15, 0.2) is 0 Å². The zero-order chi connectivity index (χ0) is 15.4. The molecule has 0 heterocycles. The maximum absolute atomic E-state index is 12.1. The molecule has 1 N–H and O–H groups in total. The second-order valence-electron chi connectivity index (χ2n) is 5.51. The molecule has 0 atom stereocenters. The summed E-state index contributed by atoms with van der Waals surface area (Å²) in [5, 5.41) is 2.96. The molecule has 0 saturated carbocycles. The molecule has 0 aromatic heterocycles. The van der Waals surface area contributed by atoms with E-state index in [2.05, 4.69) is 24.4 Å². The van der Waals surface area contributed by atoms with Gasteiger partial charge in [0.1, 0.15) is 0 Å². The zero-order valence-corrected chi connectivity index (χ0v) is 13.0. The third kappa shape index (κ3) is 4.06. The van der Waals surface area contributed by atoms with Gasteiger partial charge in [-0.05, 0) is 50.5 Å². The number of carbonyl (C=O) groups is 1. The van der Waals surface area contributed by atoms with Gasteiger partial charge in [0.25, 0.3) is 0 Å². The topological polar surface area (TPSA) is 29.1 Å². The van der Waals surface area contributed by atoms with Crippen molar-refractivity contribution >= 4 is 17.7 Å². The standard InChI is InChI=1S/C19H21NO/c1-13-6-5-7-17(12-13)8-9-18(21)20-19-15(3)10-14(2)11-16(19)4/h5-12H,1-4H3,(H,20,21)/b9-8+. The van der Waals surface area contributed by atoms with Crippen molar-refractivity contribution in [1.29, 1.82) is 0 Å². The molecule has 2 heteroatoms. The monoisotopic (exact) mass is 279 g/mol. The van der Waals surface area contributed by atoms with Crippen molar-refractivity contribution in [2.75, 3.05) is 5.32 Å². The molecule has 0 aliphatic carbocycles. The molecule has 0 radical (unpaired) electrons. The van der Waals surface area contributed by atoms with Crippen LogP contribution in [-0.2, 0) is 4.79 Å². The number of rotatable bonds is 3. The highest BCUT2D eigenvalue weighted by molar-refractivity contribution is 6.02. The van der Waals surface area contributed by atoms with Gasteiger partial charge in [0.05, 0.1) is 0 Å². The van der Waals surface area contributed by atoms with E-state index in [4.69, 9.17) is 0 Å². The summed E-state index contributed by atoms with van der Waals surface area (Å²) in [6, 6.07) is 12.2. The van der Waals surface area contributed by atoms with E-state index in [9.17, 15) is 4.79 Å². The summed E-state index contributed by atoms with van der Waals surface area (Å²) in [5.74, 6) is -0.105. The number of anilines is 1. The SMILES string of the molecule is Cc1cccc(/C=C/C(=O)Nc2c(C)cc(C)cc2C)c1. The molecule has 0 bridgehead atoms. The number of benzene rings is 2. The quantitative estimate of drug-likeness (QED) is 0.819. The highest BCUT2D eigenvalue weighted by Gasteiger charge is 2.06. The summed E-state index contributed by atoms with van der Waals surface area (Å²) in [4.78, 5) is 12.1. The summed E-state index contributed by atoms with van der Waals surface area (Å²) in [5.41, 5.74) is 6.50. The van der Waals surface area contributed by atoms with Crippen molar-refractivity contribution in [3.05, 3.63) is 70.3 Å². The van der Waals surface area contributed by atoms with Crippen molar-refractivity contribution < 1.29 is 4.79 Å². The fourth-order valence-electron chi connectivity index (χ4n) is 2.49. The van der Waals surface area contributed by atoms with E-state index >= 15 is 0 Å². The van der Waals surface area contributed by atoms with Gasteiger partial charge in [-0.1, -0.05) is 47.5 Å².